The van der Waals surface area contributed by atoms with Crippen LogP contribution in [0.4, 0.5) is 0 Å². The number of aromatic nitrogens is 2. The Labute approximate surface area is 107 Å². The molecule has 0 aliphatic carbocycles. The van der Waals surface area contributed by atoms with Crippen LogP contribution in [0.25, 0.3) is 0 Å². The minimum Gasteiger partial charge on any atom is -0.335 e. The van der Waals surface area contributed by atoms with Crippen LogP contribution in [0.5, 0.6) is 0 Å². The summed E-state index contributed by atoms with van der Waals surface area (Å²) in [5.41, 5.74) is 5.61. The lowest BCUT2D eigenvalue weighted by Gasteiger charge is -2.36. The number of nitrogens with one attached hydrogen (secondary N) is 1. The molecule has 0 aromatic carbocycles. The molecule has 0 bridgehead atoms. The second-order valence-corrected chi connectivity index (χ2v) is 6.35. The van der Waals surface area contributed by atoms with Crippen molar-refractivity contribution in [3.8, 4) is 0 Å². The molecule has 8 heteroatoms. The highest BCUT2D eigenvalue weighted by molar-refractivity contribution is 7.89. The smallest absolute Gasteiger partial charge is 0.260 e. The van der Waals surface area contributed by atoms with E-state index in [-0.39, 0.29) is 5.03 Å². The number of rotatable bonds is 4. The Bertz CT molecular complexity index is 464. The van der Waals surface area contributed by atoms with Crippen LogP contribution < -0.4 is 5.73 Å². The molecule has 102 valence electrons. The quantitative estimate of drug-likeness (QED) is 0.738. The fourth-order valence-electron chi connectivity index (χ4n) is 2.06. The number of hydrogen-bond acceptors (Lipinski definition) is 5. The minimum atomic E-state index is -3.42. The Balaban J connectivity index is 2.02. The van der Waals surface area contributed by atoms with Crippen molar-refractivity contribution in [3.63, 3.8) is 0 Å². The van der Waals surface area contributed by atoms with Gasteiger partial charge in [-0.1, -0.05) is 0 Å². The van der Waals surface area contributed by atoms with Gasteiger partial charge in [0.05, 0.1) is 12.5 Å². The molecule has 1 aliphatic heterocycles. The average Bonchev–Trinajstić information content (AvgIpc) is 2.92. The lowest BCUT2D eigenvalue weighted by atomic mass is 10.2. The number of sulfonamides is 1. The molecule has 0 spiro atoms. The van der Waals surface area contributed by atoms with E-state index in [9.17, 15) is 8.42 Å². The summed E-state index contributed by atoms with van der Waals surface area (Å²) in [6, 6.07) is 0.294. The van der Waals surface area contributed by atoms with E-state index in [0.717, 1.165) is 0 Å². The van der Waals surface area contributed by atoms with Crippen LogP contribution in [0.1, 0.15) is 6.92 Å². The molecule has 1 aliphatic rings. The third-order valence-corrected chi connectivity index (χ3v) is 5.15. The highest BCUT2D eigenvalue weighted by atomic mass is 32.2. The molecule has 3 N–H and O–H groups in total. The molecule has 1 fully saturated rings. The fourth-order valence-corrected chi connectivity index (χ4v) is 3.37. The van der Waals surface area contributed by atoms with Crippen molar-refractivity contribution >= 4 is 10.0 Å². The van der Waals surface area contributed by atoms with Gasteiger partial charge in [-0.05, 0) is 6.92 Å². The molecule has 0 radical (unpaired) electrons. The second kappa shape index (κ2) is 5.35. The number of H-pyrrole nitrogens is 1. The van der Waals surface area contributed by atoms with Crippen LogP contribution in [0, 0.1) is 0 Å². The molecule has 1 unspecified atom stereocenters. The summed E-state index contributed by atoms with van der Waals surface area (Å²) in [5, 5.41) is 0.155. The van der Waals surface area contributed by atoms with Crippen LogP contribution in [0.15, 0.2) is 17.6 Å². The third kappa shape index (κ3) is 2.56. The van der Waals surface area contributed by atoms with Gasteiger partial charge in [-0.25, -0.2) is 13.4 Å². The van der Waals surface area contributed by atoms with E-state index >= 15 is 0 Å². The first-order valence-electron chi connectivity index (χ1n) is 5.98. The number of piperazine rings is 1. The number of nitrogens with two attached hydrogens (primary N) is 1. The summed E-state index contributed by atoms with van der Waals surface area (Å²) >= 11 is 0. The first-order valence-corrected chi connectivity index (χ1v) is 7.42. The van der Waals surface area contributed by atoms with Gasteiger partial charge in [0.15, 0.2) is 5.03 Å². The molecular weight excluding hydrogens is 254 g/mol. The van der Waals surface area contributed by atoms with Crippen molar-refractivity contribution < 1.29 is 8.42 Å². The number of imidazole rings is 1. The molecule has 0 saturated carbocycles. The molecule has 1 aromatic heterocycles. The summed E-state index contributed by atoms with van der Waals surface area (Å²) in [6.45, 7) is 5.06. The SMILES string of the molecule is CC(CN)N1CCN(S(=O)(=O)c2cnc[nH]2)CC1. The Morgan fingerprint density at radius 1 is 1.44 bits per heavy atom. The van der Waals surface area contributed by atoms with E-state index in [2.05, 4.69) is 21.8 Å². The maximum atomic E-state index is 12.2. The summed E-state index contributed by atoms with van der Waals surface area (Å²) in [4.78, 5) is 8.60. The van der Waals surface area contributed by atoms with Crippen molar-refractivity contribution in [1.29, 1.82) is 0 Å². The van der Waals surface area contributed by atoms with E-state index < -0.39 is 10.0 Å². The minimum absolute atomic E-state index is 0.155. The molecule has 0 amide bonds. The molecular formula is C10H19N5O2S. The fraction of sp³-hybridized carbons (Fsp3) is 0.700. The van der Waals surface area contributed by atoms with Crippen molar-refractivity contribution in [2.24, 2.45) is 5.73 Å². The van der Waals surface area contributed by atoms with Gasteiger partial charge >= 0.3 is 0 Å². The summed E-state index contributed by atoms with van der Waals surface area (Å²) in [5.74, 6) is 0. The second-order valence-electron chi connectivity index (χ2n) is 4.44. The average molecular weight is 273 g/mol. The lowest BCUT2D eigenvalue weighted by molar-refractivity contribution is 0.148. The van der Waals surface area contributed by atoms with Crippen LogP contribution in [-0.2, 0) is 10.0 Å². The van der Waals surface area contributed by atoms with Gasteiger partial charge in [-0.2, -0.15) is 4.31 Å². The van der Waals surface area contributed by atoms with Crippen molar-refractivity contribution in [1.82, 2.24) is 19.2 Å². The Morgan fingerprint density at radius 2 is 2.11 bits per heavy atom. The normalized spacial score (nSPS) is 21.0. The van der Waals surface area contributed by atoms with Gasteiger partial charge in [0.2, 0.25) is 0 Å². The Kier molecular flexibility index (Phi) is 4.00. The largest absolute Gasteiger partial charge is 0.335 e. The van der Waals surface area contributed by atoms with Gasteiger partial charge in [-0.3, -0.25) is 4.90 Å². The van der Waals surface area contributed by atoms with E-state index in [1.807, 2.05) is 0 Å². The summed E-state index contributed by atoms with van der Waals surface area (Å²) in [6.07, 6.45) is 2.71. The molecule has 7 nitrogen and oxygen atoms in total. The zero-order chi connectivity index (χ0) is 13.2. The Morgan fingerprint density at radius 3 is 2.61 bits per heavy atom. The molecule has 1 atom stereocenters. The highest BCUT2D eigenvalue weighted by Gasteiger charge is 2.30. The monoisotopic (exact) mass is 273 g/mol. The van der Waals surface area contributed by atoms with Crippen molar-refractivity contribution in [2.45, 2.75) is 18.0 Å². The predicted molar refractivity (Wildman–Crippen MR) is 67.4 cm³/mol. The molecule has 2 rings (SSSR count). The molecule has 1 saturated heterocycles. The number of aromatic amines is 1. The van der Waals surface area contributed by atoms with Gasteiger partial charge in [0, 0.05) is 38.8 Å². The topological polar surface area (TPSA) is 95.3 Å². The maximum absolute atomic E-state index is 12.2. The van der Waals surface area contributed by atoms with Gasteiger partial charge in [-0.15, -0.1) is 0 Å². The van der Waals surface area contributed by atoms with Crippen LogP contribution in [0.2, 0.25) is 0 Å². The van der Waals surface area contributed by atoms with E-state index in [4.69, 9.17) is 5.73 Å². The van der Waals surface area contributed by atoms with E-state index in [1.54, 1.807) is 0 Å². The summed E-state index contributed by atoms with van der Waals surface area (Å²) < 4.78 is 25.9. The summed E-state index contributed by atoms with van der Waals surface area (Å²) in [7, 11) is -3.42. The van der Waals surface area contributed by atoms with Gasteiger partial charge in [0.1, 0.15) is 0 Å². The maximum Gasteiger partial charge on any atom is 0.260 e. The standard InChI is InChI=1S/C10H19N5O2S/c1-9(6-11)14-2-4-15(5-3-14)18(16,17)10-7-12-8-13-10/h7-9H,2-6,11H2,1H3,(H,12,13). The van der Waals surface area contributed by atoms with Crippen molar-refractivity contribution in [3.05, 3.63) is 12.5 Å². The number of hydrogen-bond donors (Lipinski definition) is 2. The van der Waals surface area contributed by atoms with E-state index in [1.165, 1.54) is 16.8 Å². The van der Waals surface area contributed by atoms with Crippen LogP contribution in [0.3, 0.4) is 0 Å². The van der Waals surface area contributed by atoms with Crippen LogP contribution >= 0.6 is 0 Å². The molecule has 2 heterocycles. The highest BCUT2D eigenvalue weighted by Crippen LogP contribution is 2.15. The third-order valence-electron chi connectivity index (χ3n) is 3.33. The first kappa shape index (κ1) is 13.5. The lowest BCUT2D eigenvalue weighted by Crippen LogP contribution is -2.52. The number of nitrogens with zero attached hydrogens (tertiary/aromatic N) is 3. The predicted octanol–water partition coefficient (Wildman–Crippen LogP) is -0.937. The Hall–Kier alpha value is -0.960. The molecule has 1 aromatic rings. The van der Waals surface area contributed by atoms with Gasteiger partial charge < -0.3 is 10.7 Å². The van der Waals surface area contributed by atoms with Crippen LogP contribution in [-0.4, -0.2) is 66.4 Å². The zero-order valence-corrected chi connectivity index (χ0v) is 11.2. The van der Waals surface area contributed by atoms with Crippen molar-refractivity contribution in [2.75, 3.05) is 32.7 Å². The zero-order valence-electron chi connectivity index (χ0n) is 10.4. The molecule has 18 heavy (non-hydrogen) atoms. The van der Waals surface area contributed by atoms with Gasteiger partial charge in [0.25, 0.3) is 10.0 Å². The first-order chi connectivity index (χ1) is 8.55. The van der Waals surface area contributed by atoms with E-state index in [0.29, 0.717) is 38.8 Å².